The number of hydrogen-bond donors (Lipinski definition) is 0. The van der Waals surface area contributed by atoms with E-state index in [2.05, 4.69) is 12.1 Å². The number of esters is 1. The van der Waals surface area contributed by atoms with E-state index < -0.39 is 6.04 Å². The van der Waals surface area contributed by atoms with E-state index in [9.17, 15) is 9.59 Å². The molecule has 1 aromatic rings. The number of carbonyl (C=O) groups is 2. The molecule has 1 aromatic carbocycles. The Hall–Kier alpha value is -1.84. The summed E-state index contributed by atoms with van der Waals surface area (Å²) in [7, 11) is 1.41. The number of methoxy groups -OCH3 is 1. The molecule has 2 unspecified atom stereocenters. The number of likely N-dealkylation sites (tertiary alicyclic amines) is 1. The Morgan fingerprint density at radius 1 is 1.17 bits per heavy atom. The SMILES string of the molecule is COC(=O)C1CCC(=O)N1C(Cc1ccccc1)C1CCCCC1. The Kier molecular flexibility index (Phi) is 5.54. The van der Waals surface area contributed by atoms with Crippen LogP contribution >= 0.6 is 0 Å². The molecule has 0 radical (unpaired) electrons. The summed E-state index contributed by atoms with van der Waals surface area (Å²) in [6, 6.07) is 10.0. The Balaban J connectivity index is 1.87. The maximum atomic E-state index is 12.6. The second kappa shape index (κ2) is 7.82. The fourth-order valence-electron chi connectivity index (χ4n) is 4.35. The summed E-state index contributed by atoms with van der Waals surface area (Å²) < 4.78 is 4.97. The van der Waals surface area contributed by atoms with Gasteiger partial charge in [-0.05, 0) is 37.2 Å². The number of benzene rings is 1. The molecule has 1 aliphatic carbocycles. The topological polar surface area (TPSA) is 46.6 Å². The van der Waals surface area contributed by atoms with Crippen LogP contribution in [0.15, 0.2) is 30.3 Å². The first-order valence-corrected chi connectivity index (χ1v) is 9.13. The second-order valence-corrected chi connectivity index (χ2v) is 7.03. The first kappa shape index (κ1) is 17.0. The maximum Gasteiger partial charge on any atom is 0.328 e. The molecule has 0 spiro atoms. The minimum Gasteiger partial charge on any atom is -0.467 e. The molecule has 2 atom stereocenters. The maximum absolute atomic E-state index is 12.6. The molecule has 0 aromatic heterocycles. The summed E-state index contributed by atoms with van der Waals surface area (Å²) in [6.07, 6.45) is 7.89. The lowest BCUT2D eigenvalue weighted by Gasteiger charge is -2.39. The largest absolute Gasteiger partial charge is 0.467 e. The van der Waals surface area contributed by atoms with E-state index in [4.69, 9.17) is 4.74 Å². The van der Waals surface area contributed by atoms with E-state index in [-0.39, 0.29) is 17.9 Å². The average Bonchev–Trinajstić information content (AvgIpc) is 3.02. The second-order valence-electron chi connectivity index (χ2n) is 7.03. The van der Waals surface area contributed by atoms with Crippen molar-refractivity contribution in [3.05, 3.63) is 35.9 Å². The number of hydrogen-bond acceptors (Lipinski definition) is 3. The standard InChI is InChI=1S/C20H27NO3/c1-24-20(23)17-12-13-19(22)21(17)18(16-10-6-3-7-11-16)14-15-8-4-2-5-9-15/h2,4-5,8-9,16-18H,3,6-7,10-14H2,1H3. The van der Waals surface area contributed by atoms with Crippen LogP contribution in [0.5, 0.6) is 0 Å². The number of rotatable bonds is 5. The van der Waals surface area contributed by atoms with Crippen molar-refractivity contribution in [3.63, 3.8) is 0 Å². The van der Waals surface area contributed by atoms with E-state index in [0.29, 0.717) is 18.8 Å². The first-order valence-electron chi connectivity index (χ1n) is 9.13. The van der Waals surface area contributed by atoms with Gasteiger partial charge in [-0.1, -0.05) is 49.6 Å². The summed E-state index contributed by atoms with van der Waals surface area (Å²) in [5.74, 6) is 0.319. The summed E-state index contributed by atoms with van der Waals surface area (Å²) in [5, 5.41) is 0. The highest BCUT2D eigenvalue weighted by Crippen LogP contribution is 2.35. The summed E-state index contributed by atoms with van der Waals surface area (Å²) in [6.45, 7) is 0. The smallest absolute Gasteiger partial charge is 0.328 e. The Bertz CT molecular complexity index is 566. The molecular formula is C20H27NO3. The third-order valence-corrected chi connectivity index (χ3v) is 5.57. The Labute approximate surface area is 144 Å². The molecule has 2 aliphatic rings. The van der Waals surface area contributed by atoms with Crippen molar-refractivity contribution < 1.29 is 14.3 Å². The van der Waals surface area contributed by atoms with Crippen molar-refractivity contribution in [1.29, 1.82) is 0 Å². The van der Waals surface area contributed by atoms with Crippen molar-refractivity contribution in [2.75, 3.05) is 7.11 Å². The van der Waals surface area contributed by atoms with Gasteiger partial charge in [-0.15, -0.1) is 0 Å². The van der Waals surface area contributed by atoms with Gasteiger partial charge in [0.2, 0.25) is 5.91 Å². The van der Waals surface area contributed by atoms with Crippen LogP contribution in [0, 0.1) is 5.92 Å². The fraction of sp³-hybridized carbons (Fsp3) is 0.600. The third-order valence-electron chi connectivity index (χ3n) is 5.57. The van der Waals surface area contributed by atoms with Crippen LogP contribution in [-0.4, -0.2) is 36.0 Å². The first-order chi connectivity index (χ1) is 11.7. The van der Waals surface area contributed by atoms with Crippen LogP contribution in [-0.2, 0) is 20.7 Å². The molecule has 0 N–H and O–H groups in total. The predicted molar refractivity (Wildman–Crippen MR) is 92.4 cm³/mol. The van der Waals surface area contributed by atoms with Crippen LogP contribution in [0.2, 0.25) is 0 Å². The van der Waals surface area contributed by atoms with Crippen LogP contribution in [0.1, 0.15) is 50.5 Å². The molecule has 130 valence electrons. The highest BCUT2D eigenvalue weighted by atomic mass is 16.5. The number of amides is 1. The van der Waals surface area contributed by atoms with Crippen LogP contribution < -0.4 is 0 Å². The molecule has 4 heteroatoms. The van der Waals surface area contributed by atoms with E-state index in [1.165, 1.54) is 31.9 Å². The lowest BCUT2D eigenvalue weighted by atomic mass is 9.80. The molecule has 1 saturated heterocycles. The van der Waals surface area contributed by atoms with Crippen LogP contribution in [0.25, 0.3) is 0 Å². The van der Waals surface area contributed by atoms with Gasteiger partial charge >= 0.3 is 5.97 Å². The van der Waals surface area contributed by atoms with Crippen molar-refractivity contribution in [2.45, 2.75) is 63.5 Å². The highest BCUT2D eigenvalue weighted by molar-refractivity contribution is 5.88. The monoisotopic (exact) mass is 329 g/mol. The molecule has 2 fully saturated rings. The van der Waals surface area contributed by atoms with Gasteiger partial charge in [0, 0.05) is 12.5 Å². The predicted octanol–water partition coefficient (Wildman–Crippen LogP) is 3.34. The zero-order valence-electron chi connectivity index (χ0n) is 14.4. The van der Waals surface area contributed by atoms with Gasteiger partial charge in [0.25, 0.3) is 0 Å². The molecular weight excluding hydrogens is 302 g/mol. The minimum atomic E-state index is -0.405. The van der Waals surface area contributed by atoms with Gasteiger partial charge in [-0.2, -0.15) is 0 Å². The summed E-state index contributed by atoms with van der Waals surface area (Å²) in [4.78, 5) is 26.7. The lowest BCUT2D eigenvalue weighted by Crippen LogP contribution is -2.50. The van der Waals surface area contributed by atoms with Gasteiger partial charge < -0.3 is 9.64 Å². The number of nitrogens with zero attached hydrogens (tertiary/aromatic N) is 1. The summed E-state index contributed by atoms with van der Waals surface area (Å²) >= 11 is 0. The quantitative estimate of drug-likeness (QED) is 0.778. The molecule has 1 saturated carbocycles. The minimum absolute atomic E-state index is 0.104. The molecule has 1 heterocycles. The van der Waals surface area contributed by atoms with E-state index in [1.807, 2.05) is 23.1 Å². The summed E-state index contributed by atoms with van der Waals surface area (Å²) in [5.41, 5.74) is 1.23. The Morgan fingerprint density at radius 2 is 1.88 bits per heavy atom. The van der Waals surface area contributed by atoms with Gasteiger partial charge in [0.15, 0.2) is 0 Å². The van der Waals surface area contributed by atoms with Gasteiger partial charge in [0.1, 0.15) is 6.04 Å². The third kappa shape index (κ3) is 3.63. The van der Waals surface area contributed by atoms with Gasteiger partial charge in [0.05, 0.1) is 7.11 Å². The normalized spacial score (nSPS) is 23.3. The molecule has 24 heavy (non-hydrogen) atoms. The van der Waals surface area contributed by atoms with E-state index in [0.717, 1.165) is 19.3 Å². The van der Waals surface area contributed by atoms with E-state index >= 15 is 0 Å². The highest BCUT2D eigenvalue weighted by Gasteiger charge is 2.43. The molecule has 0 bridgehead atoms. The molecule has 1 aliphatic heterocycles. The van der Waals surface area contributed by atoms with Crippen LogP contribution in [0.3, 0.4) is 0 Å². The van der Waals surface area contributed by atoms with Crippen molar-refractivity contribution >= 4 is 11.9 Å². The van der Waals surface area contributed by atoms with E-state index in [1.54, 1.807) is 0 Å². The zero-order chi connectivity index (χ0) is 16.9. The average molecular weight is 329 g/mol. The van der Waals surface area contributed by atoms with Crippen molar-refractivity contribution in [1.82, 2.24) is 4.90 Å². The fourth-order valence-corrected chi connectivity index (χ4v) is 4.35. The molecule has 4 nitrogen and oxygen atoms in total. The Morgan fingerprint density at radius 3 is 2.54 bits per heavy atom. The number of ether oxygens (including phenoxy) is 1. The van der Waals surface area contributed by atoms with Crippen molar-refractivity contribution in [3.8, 4) is 0 Å². The molecule has 1 amide bonds. The van der Waals surface area contributed by atoms with Crippen molar-refractivity contribution in [2.24, 2.45) is 5.92 Å². The zero-order valence-corrected chi connectivity index (χ0v) is 14.4. The lowest BCUT2D eigenvalue weighted by molar-refractivity contribution is -0.151. The number of carbonyl (C=O) groups excluding carboxylic acids is 2. The van der Waals surface area contributed by atoms with Gasteiger partial charge in [-0.3, -0.25) is 4.79 Å². The molecule has 3 rings (SSSR count). The van der Waals surface area contributed by atoms with Gasteiger partial charge in [-0.25, -0.2) is 4.79 Å². The van der Waals surface area contributed by atoms with Crippen LogP contribution in [0.4, 0.5) is 0 Å².